The normalized spacial score (nSPS) is 17.8. The second-order valence-electron chi connectivity index (χ2n) is 5.24. The van der Waals surface area contributed by atoms with Crippen LogP contribution in [-0.4, -0.2) is 30.8 Å². The number of carboxylic acid groups (broad SMARTS) is 1. The lowest BCUT2D eigenvalue weighted by Crippen LogP contribution is -2.24. The summed E-state index contributed by atoms with van der Waals surface area (Å²) in [5.74, 6) is -0.372. The number of carboxylic acids is 1. The Balaban J connectivity index is 2.00. The Bertz CT molecular complexity index is 678. The molecule has 6 nitrogen and oxygen atoms in total. The average Bonchev–Trinajstić information content (AvgIpc) is 2.85. The summed E-state index contributed by atoms with van der Waals surface area (Å²) in [6.45, 7) is 1.92. The molecule has 104 valence electrons. The maximum absolute atomic E-state index is 11.1. The predicted octanol–water partition coefficient (Wildman–Crippen LogP) is 1.38. The van der Waals surface area contributed by atoms with Crippen molar-refractivity contribution in [2.75, 3.05) is 0 Å². The molecule has 0 saturated heterocycles. The molecule has 0 aromatic carbocycles. The molecule has 0 saturated carbocycles. The van der Waals surface area contributed by atoms with E-state index in [1.165, 1.54) is 0 Å². The van der Waals surface area contributed by atoms with Gasteiger partial charge in [0.15, 0.2) is 5.82 Å². The molecular weight excluding hydrogens is 256 g/mol. The zero-order chi connectivity index (χ0) is 14.3. The second kappa shape index (κ2) is 4.70. The van der Waals surface area contributed by atoms with Crippen LogP contribution in [0.15, 0.2) is 12.4 Å². The van der Waals surface area contributed by atoms with Crippen LogP contribution >= 0.6 is 0 Å². The van der Waals surface area contributed by atoms with E-state index in [4.69, 9.17) is 5.11 Å². The number of hydrogen-bond donors (Lipinski definition) is 1. The average molecular weight is 272 g/mol. The van der Waals surface area contributed by atoms with Gasteiger partial charge in [-0.15, -0.1) is 0 Å². The lowest BCUT2D eigenvalue weighted by molar-refractivity contribution is -0.142. The topological polar surface area (TPSA) is 80.9 Å². The monoisotopic (exact) mass is 272 g/mol. The Morgan fingerprint density at radius 1 is 1.45 bits per heavy atom. The number of rotatable bonds is 2. The van der Waals surface area contributed by atoms with E-state index in [1.807, 2.05) is 20.2 Å². The van der Waals surface area contributed by atoms with Crippen molar-refractivity contribution in [2.24, 2.45) is 13.0 Å². The quantitative estimate of drug-likeness (QED) is 0.893. The van der Waals surface area contributed by atoms with Crippen molar-refractivity contribution in [3.8, 4) is 11.4 Å². The second-order valence-corrected chi connectivity index (χ2v) is 5.24. The number of hydrogen-bond acceptors (Lipinski definition) is 4. The van der Waals surface area contributed by atoms with Gasteiger partial charge in [-0.3, -0.25) is 9.48 Å². The molecule has 6 heteroatoms. The van der Waals surface area contributed by atoms with Crippen molar-refractivity contribution < 1.29 is 9.90 Å². The molecule has 1 atom stereocenters. The minimum Gasteiger partial charge on any atom is -0.481 e. The van der Waals surface area contributed by atoms with Crippen LogP contribution in [0, 0.1) is 12.8 Å². The van der Waals surface area contributed by atoms with E-state index in [0.29, 0.717) is 25.1 Å². The van der Waals surface area contributed by atoms with Gasteiger partial charge in [-0.1, -0.05) is 0 Å². The van der Waals surface area contributed by atoms with Crippen molar-refractivity contribution in [1.29, 1.82) is 0 Å². The molecule has 0 amide bonds. The number of aryl methyl sites for hydroxylation is 3. The number of aromatic nitrogens is 4. The smallest absolute Gasteiger partial charge is 0.306 e. The largest absolute Gasteiger partial charge is 0.481 e. The highest BCUT2D eigenvalue weighted by molar-refractivity contribution is 5.71. The van der Waals surface area contributed by atoms with Crippen molar-refractivity contribution in [3.05, 3.63) is 29.3 Å². The Morgan fingerprint density at radius 2 is 2.25 bits per heavy atom. The first kappa shape index (κ1) is 12.8. The minimum atomic E-state index is -0.730. The first-order valence-corrected chi connectivity index (χ1v) is 6.63. The predicted molar refractivity (Wildman–Crippen MR) is 72.1 cm³/mol. The summed E-state index contributed by atoms with van der Waals surface area (Å²) < 4.78 is 1.72. The van der Waals surface area contributed by atoms with Crippen molar-refractivity contribution in [2.45, 2.75) is 26.2 Å². The summed E-state index contributed by atoms with van der Waals surface area (Å²) in [5.41, 5.74) is 3.74. The molecule has 0 spiro atoms. The van der Waals surface area contributed by atoms with Gasteiger partial charge in [0.25, 0.3) is 0 Å². The van der Waals surface area contributed by atoms with E-state index in [0.717, 1.165) is 22.5 Å². The fourth-order valence-electron chi connectivity index (χ4n) is 2.66. The summed E-state index contributed by atoms with van der Waals surface area (Å²) in [5, 5.41) is 13.3. The van der Waals surface area contributed by atoms with Crippen LogP contribution in [0.1, 0.15) is 23.4 Å². The molecule has 0 aliphatic heterocycles. The molecule has 2 aromatic heterocycles. The van der Waals surface area contributed by atoms with Gasteiger partial charge in [-0.05, 0) is 31.7 Å². The van der Waals surface area contributed by atoms with Gasteiger partial charge in [0, 0.05) is 24.6 Å². The standard InChI is InChI=1S/C14H16N4O2/c1-8-11-5-9(14(19)20)3-4-12(11)17-13(16-8)10-6-15-18(2)7-10/h6-7,9H,3-5H2,1-2H3,(H,19,20). The molecule has 1 aliphatic carbocycles. The number of fused-ring (bicyclic) bond motifs is 1. The molecule has 0 bridgehead atoms. The van der Waals surface area contributed by atoms with Crippen LogP contribution in [0.4, 0.5) is 0 Å². The first-order valence-electron chi connectivity index (χ1n) is 6.63. The molecule has 20 heavy (non-hydrogen) atoms. The van der Waals surface area contributed by atoms with E-state index in [9.17, 15) is 4.79 Å². The molecule has 0 radical (unpaired) electrons. The third-order valence-corrected chi connectivity index (χ3v) is 3.79. The molecule has 1 N–H and O–H groups in total. The highest BCUT2D eigenvalue weighted by atomic mass is 16.4. The molecule has 1 unspecified atom stereocenters. The summed E-state index contributed by atoms with van der Waals surface area (Å²) in [6, 6.07) is 0. The van der Waals surface area contributed by atoms with Gasteiger partial charge in [0.05, 0.1) is 17.7 Å². The maximum Gasteiger partial charge on any atom is 0.306 e. The number of aliphatic carboxylic acids is 1. The van der Waals surface area contributed by atoms with Gasteiger partial charge >= 0.3 is 5.97 Å². The van der Waals surface area contributed by atoms with Gasteiger partial charge in [-0.2, -0.15) is 5.10 Å². The zero-order valence-electron chi connectivity index (χ0n) is 11.5. The van der Waals surface area contributed by atoms with Crippen LogP contribution in [0.25, 0.3) is 11.4 Å². The Kier molecular flexibility index (Phi) is 3.00. The lowest BCUT2D eigenvalue weighted by atomic mass is 9.86. The first-order chi connectivity index (χ1) is 9.54. The van der Waals surface area contributed by atoms with Crippen LogP contribution in [0.5, 0.6) is 0 Å². The highest BCUT2D eigenvalue weighted by Gasteiger charge is 2.27. The van der Waals surface area contributed by atoms with Crippen molar-refractivity contribution in [1.82, 2.24) is 19.7 Å². The third kappa shape index (κ3) is 2.17. The van der Waals surface area contributed by atoms with Gasteiger partial charge < -0.3 is 5.11 Å². The van der Waals surface area contributed by atoms with Crippen LogP contribution in [-0.2, 0) is 24.7 Å². The number of nitrogens with zero attached hydrogens (tertiary/aromatic N) is 4. The summed E-state index contributed by atoms with van der Waals surface area (Å²) in [4.78, 5) is 20.2. The van der Waals surface area contributed by atoms with E-state index in [-0.39, 0.29) is 5.92 Å². The van der Waals surface area contributed by atoms with E-state index < -0.39 is 5.97 Å². The molecule has 2 aromatic rings. The van der Waals surface area contributed by atoms with Crippen LogP contribution in [0.3, 0.4) is 0 Å². The fraction of sp³-hybridized carbons (Fsp3) is 0.429. The van der Waals surface area contributed by atoms with Crippen molar-refractivity contribution >= 4 is 5.97 Å². The van der Waals surface area contributed by atoms with Gasteiger partial charge in [0.1, 0.15) is 0 Å². The minimum absolute atomic E-state index is 0.311. The number of carbonyl (C=O) groups is 1. The van der Waals surface area contributed by atoms with E-state index in [2.05, 4.69) is 15.1 Å². The summed E-state index contributed by atoms with van der Waals surface area (Å²) in [6.07, 6.45) is 5.49. The molecule has 1 aliphatic rings. The Morgan fingerprint density at radius 3 is 2.90 bits per heavy atom. The van der Waals surface area contributed by atoms with Gasteiger partial charge in [0.2, 0.25) is 0 Å². The lowest BCUT2D eigenvalue weighted by Gasteiger charge is -2.22. The van der Waals surface area contributed by atoms with E-state index in [1.54, 1.807) is 10.9 Å². The van der Waals surface area contributed by atoms with Crippen molar-refractivity contribution in [3.63, 3.8) is 0 Å². The Hall–Kier alpha value is -2.24. The third-order valence-electron chi connectivity index (χ3n) is 3.79. The SMILES string of the molecule is Cc1nc(-c2cnn(C)c2)nc2c1CC(C(=O)O)CC2. The molecule has 0 fully saturated rings. The molecule has 2 heterocycles. The fourth-order valence-corrected chi connectivity index (χ4v) is 2.66. The maximum atomic E-state index is 11.1. The Labute approximate surface area is 116 Å². The highest BCUT2D eigenvalue weighted by Crippen LogP contribution is 2.28. The zero-order valence-corrected chi connectivity index (χ0v) is 11.5. The van der Waals surface area contributed by atoms with Crippen LogP contribution in [0.2, 0.25) is 0 Å². The van der Waals surface area contributed by atoms with E-state index >= 15 is 0 Å². The summed E-state index contributed by atoms with van der Waals surface area (Å²) >= 11 is 0. The van der Waals surface area contributed by atoms with Gasteiger partial charge in [-0.25, -0.2) is 9.97 Å². The van der Waals surface area contributed by atoms with Crippen LogP contribution < -0.4 is 0 Å². The molecular formula is C14H16N4O2. The summed E-state index contributed by atoms with van der Waals surface area (Å²) in [7, 11) is 1.85. The molecule has 3 rings (SSSR count).